The van der Waals surface area contributed by atoms with Gasteiger partial charge in [-0.05, 0) is 19.1 Å². The van der Waals surface area contributed by atoms with Crippen LogP contribution >= 0.6 is 0 Å². The monoisotopic (exact) mass is 273 g/mol. The molecule has 6 nitrogen and oxygen atoms in total. The summed E-state index contributed by atoms with van der Waals surface area (Å²) in [6.07, 6.45) is 3.14. The summed E-state index contributed by atoms with van der Waals surface area (Å²) in [6, 6.07) is 6.65. The number of nitrogens with one attached hydrogen (secondary N) is 1. The normalized spacial score (nSPS) is 10.1. The molecule has 0 aliphatic carbocycles. The molecule has 2 rings (SSSR count). The van der Waals surface area contributed by atoms with Crippen molar-refractivity contribution in [3.63, 3.8) is 0 Å². The van der Waals surface area contributed by atoms with Crippen LogP contribution in [0.3, 0.4) is 0 Å². The third kappa shape index (κ3) is 3.44. The number of rotatable bonds is 4. The van der Waals surface area contributed by atoms with Gasteiger partial charge in [0.25, 0.3) is 5.91 Å². The minimum Gasteiger partial charge on any atom is -0.478 e. The van der Waals surface area contributed by atoms with Crippen molar-refractivity contribution in [1.82, 2.24) is 9.55 Å². The predicted molar refractivity (Wildman–Crippen MR) is 74.8 cm³/mol. The van der Waals surface area contributed by atoms with E-state index in [0.717, 1.165) is 5.69 Å². The van der Waals surface area contributed by atoms with Gasteiger partial charge in [0.05, 0.1) is 0 Å². The third-order valence-corrected chi connectivity index (χ3v) is 2.74. The molecule has 1 amide bonds. The van der Waals surface area contributed by atoms with Gasteiger partial charge in [0.1, 0.15) is 5.82 Å². The maximum Gasteiger partial charge on any atom is 0.263 e. The fraction of sp³-hybridized carbons (Fsp3) is 0.214. The van der Waals surface area contributed by atoms with Gasteiger partial charge in [-0.25, -0.2) is 4.98 Å². The van der Waals surface area contributed by atoms with E-state index in [0.29, 0.717) is 5.82 Å². The molecule has 2 aromatic rings. The summed E-state index contributed by atoms with van der Waals surface area (Å²) in [5.74, 6) is 0.221. The Labute approximate surface area is 116 Å². The van der Waals surface area contributed by atoms with E-state index in [1.165, 1.54) is 6.07 Å². The molecule has 0 spiro atoms. The van der Waals surface area contributed by atoms with Crippen molar-refractivity contribution < 1.29 is 9.53 Å². The van der Waals surface area contributed by atoms with Gasteiger partial charge in [-0.3, -0.25) is 9.59 Å². The number of aromatic nitrogens is 2. The van der Waals surface area contributed by atoms with Crippen molar-refractivity contribution in [1.29, 1.82) is 0 Å². The van der Waals surface area contributed by atoms with Crippen LogP contribution in [0, 0.1) is 6.92 Å². The molecule has 0 saturated heterocycles. The molecule has 20 heavy (non-hydrogen) atoms. The van der Waals surface area contributed by atoms with Gasteiger partial charge in [-0.2, -0.15) is 0 Å². The lowest BCUT2D eigenvalue weighted by molar-refractivity contribution is -0.118. The summed E-state index contributed by atoms with van der Waals surface area (Å²) in [7, 11) is 1.80. The average Bonchev–Trinajstić information content (AvgIpc) is 2.42. The first-order valence-corrected chi connectivity index (χ1v) is 6.07. The third-order valence-electron chi connectivity index (χ3n) is 2.74. The van der Waals surface area contributed by atoms with Crippen molar-refractivity contribution in [3.05, 3.63) is 52.6 Å². The second kappa shape index (κ2) is 6.01. The lowest BCUT2D eigenvalue weighted by Crippen LogP contribution is -2.23. The van der Waals surface area contributed by atoms with Crippen molar-refractivity contribution in [2.24, 2.45) is 7.05 Å². The second-order valence-electron chi connectivity index (χ2n) is 4.31. The molecule has 0 aromatic carbocycles. The topological polar surface area (TPSA) is 73.2 Å². The molecule has 6 heteroatoms. The van der Waals surface area contributed by atoms with Gasteiger partial charge in [0.2, 0.25) is 5.43 Å². The van der Waals surface area contributed by atoms with Crippen molar-refractivity contribution in [3.8, 4) is 5.75 Å². The molecule has 1 N–H and O–H groups in total. The van der Waals surface area contributed by atoms with E-state index in [9.17, 15) is 9.59 Å². The van der Waals surface area contributed by atoms with Gasteiger partial charge in [0.15, 0.2) is 12.4 Å². The quantitative estimate of drug-likeness (QED) is 0.905. The molecule has 0 atom stereocenters. The minimum absolute atomic E-state index is 0.147. The summed E-state index contributed by atoms with van der Waals surface area (Å²) in [5.41, 5.74) is 0.575. The van der Waals surface area contributed by atoms with E-state index in [-0.39, 0.29) is 23.7 Å². The lowest BCUT2D eigenvalue weighted by atomic mass is 10.3. The van der Waals surface area contributed by atoms with E-state index in [1.807, 2.05) is 6.92 Å². The molecule has 0 unspecified atom stereocenters. The number of hydrogen-bond donors (Lipinski definition) is 1. The van der Waals surface area contributed by atoms with Crippen LogP contribution in [0.5, 0.6) is 5.75 Å². The van der Waals surface area contributed by atoms with Crippen LogP contribution < -0.4 is 15.5 Å². The fourth-order valence-corrected chi connectivity index (χ4v) is 1.57. The smallest absolute Gasteiger partial charge is 0.263 e. The number of hydrogen-bond acceptors (Lipinski definition) is 4. The zero-order valence-electron chi connectivity index (χ0n) is 11.3. The largest absolute Gasteiger partial charge is 0.478 e. The van der Waals surface area contributed by atoms with E-state index in [4.69, 9.17) is 4.74 Å². The number of nitrogens with zero attached hydrogens (tertiary/aromatic N) is 2. The molecule has 0 bridgehead atoms. The summed E-state index contributed by atoms with van der Waals surface area (Å²) in [4.78, 5) is 27.3. The highest BCUT2D eigenvalue weighted by molar-refractivity contribution is 5.90. The van der Waals surface area contributed by atoms with Crippen molar-refractivity contribution in [2.45, 2.75) is 6.92 Å². The average molecular weight is 273 g/mol. The SMILES string of the molecule is Cc1cc(=O)c(OCC(=O)Nc2ccccn2)cn1C. The number of pyridine rings is 2. The highest BCUT2D eigenvalue weighted by atomic mass is 16.5. The molecule has 0 saturated carbocycles. The first kappa shape index (κ1) is 13.8. The number of aryl methyl sites for hydroxylation is 2. The highest BCUT2D eigenvalue weighted by Crippen LogP contribution is 2.05. The molecule has 0 aliphatic rings. The van der Waals surface area contributed by atoms with Gasteiger partial charge in [0, 0.05) is 31.2 Å². The maximum atomic E-state index is 11.7. The molecule has 2 aromatic heterocycles. The first-order valence-electron chi connectivity index (χ1n) is 6.07. The Balaban J connectivity index is 1.97. The van der Waals surface area contributed by atoms with E-state index in [1.54, 1.807) is 42.2 Å². The summed E-state index contributed by atoms with van der Waals surface area (Å²) in [6.45, 7) is 1.58. The van der Waals surface area contributed by atoms with E-state index in [2.05, 4.69) is 10.3 Å². The van der Waals surface area contributed by atoms with Gasteiger partial charge >= 0.3 is 0 Å². The second-order valence-corrected chi connectivity index (χ2v) is 4.31. The Morgan fingerprint density at radius 3 is 2.95 bits per heavy atom. The Kier molecular flexibility index (Phi) is 4.14. The standard InChI is InChI=1S/C14H15N3O3/c1-10-7-11(18)12(8-17(10)2)20-9-14(19)16-13-5-3-4-6-15-13/h3-8H,9H2,1-2H3,(H,15,16,19). The zero-order valence-corrected chi connectivity index (χ0v) is 11.3. The Bertz CT molecular complexity index is 665. The molecule has 0 radical (unpaired) electrons. The van der Waals surface area contributed by atoms with Crippen LogP contribution in [0.4, 0.5) is 5.82 Å². The van der Waals surface area contributed by atoms with Crippen LogP contribution in [0.15, 0.2) is 41.5 Å². The molecule has 0 fully saturated rings. The van der Waals surface area contributed by atoms with E-state index >= 15 is 0 Å². The van der Waals surface area contributed by atoms with Crippen LogP contribution in [-0.2, 0) is 11.8 Å². The maximum absolute atomic E-state index is 11.7. The molecule has 2 heterocycles. The van der Waals surface area contributed by atoms with Gasteiger partial charge in [-0.1, -0.05) is 6.07 Å². The van der Waals surface area contributed by atoms with Crippen LogP contribution in [-0.4, -0.2) is 22.1 Å². The summed E-state index contributed by atoms with van der Waals surface area (Å²) >= 11 is 0. The van der Waals surface area contributed by atoms with Gasteiger partial charge in [-0.15, -0.1) is 0 Å². The summed E-state index contributed by atoms with van der Waals surface area (Å²) in [5, 5.41) is 2.57. The number of ether oxygens (including phenoxy) is 1. The molecule has 0 aliphatic heterocycles. The molecule has 104 valence electrons. The Morgan fingerprint density at radius 2 is 2.25 bits per heavy atom. The number of carbonyl (C=O) groups is 1. The number of anilines is 1. The van der Waals surface area contributed by atoms with Crippen molar-refractivity contribution >= 4 is 11.7 Å². The predicted octanol–water partition coefficient (Wildman–Crippen LogP) is 1.11. The van der Waals surface area contributed by atoms with E-state index < -0.39 is 0 Å². The number of carbonyl (C=O) groups excluding carboxylic acids is 1. The zero-order chi connectivity index (χ0) is 14.5. The van der Waals surface area contributed by atoms with Crippen LogP contribution in [0.2, 0.25) is 0 Å². The Hall–Kier alpha value is -2.63. The molecular formula is C14H15N3O3. The van der Waals surface area contributed by atoms with Crippen LogP contribution in [0.1, 0.15) is 5.69 Å². The minimum atomic E-state index is -0.369. The molecular weight excluding hydrogens is 258 g/mol. The lowest BCUT2D eigenvalue weighted by Gasteiger charge is -2.09. The van der Waals surface area contributed by atoms with Crippen LogP contribution in [0.25, 0.3) is 0 Å². The first-order chi connectivity index (χ1) is 9.56. The van der Waals surface area contributed by atoms with Crippen molar-refractivity contribution in [2.75, 3.05) is 11.9 Å². The summed E-state index contributed by atoms with van der Waals surface area (Å²) < 4.78 is 6.99. The highest BCUT2D eigenvalue weighted by Gasteiger charge is 2.07. The fourth-order valence-electron chi connectivity index (χ4n) is 1.57. The Morgan fingerprint density at radius 1 is 1.45 bits per heavy atom. The number of amides is 1. The van der Waals surface area contributed by atoms with Gasteiger partial charge < -0.3 is 14.6 Å².